The number of phosphoric acid groups is 1. The van der Waals surface area contributed by atoms with Gasteiger partial charge in [-0.1, -0.05) is 193 Å². The minimum Gasteiger partial charge on any atom is -0.457 e. The average Bonchev–Trinajstić information content (AvgIpc) is 3.16. The van der Waals surface area contributed by atoms with Crippen LogP contribution in [0.4, 0.5) is 0 Å². The van der Waals surface area contributed by atoms with Crippen molar-refractivity contribution in [2.75, 3.05) is 33.0 Å². The number of carbonyl (C=O) groups excluding carboxylic acids is 1. The van der Waals surface area contributed by atoms with Gasteiger partial charge in [-0.3, -0.25) is 13.8 Å². The Morgan fingerprint density at radius 2 is 0.963 bits per heavy atom. The molecule has 0 heterocycles. The zero-order chi connectivity index (χ0) is 39.6. The smallest absolute Gasteiger partial charge is 0.457 e. The number of unbranched alkanes of at least 4 members (excludes halogenated alkanes) is 28. The van der Waals surface area contributed by atoms with Crippen LogP contribution >= 0.6 is 7.82 Å². The van der Waals surface area contributed by atoms with E-state index in [-0.39, 0.29) is 25.6 Å². The van der Waals surface area contributed by atoms with E-state index in [1.54, 1.807) is 0 Å². The maximum atomic E-state index is 12.6. The molecule has 0 spiro atoms. The third-order valence-electron chi connectivity index (χ3n) is 9.95. The van der Waals surface area contributed by atoms with E-state index < -0.39 is 33.2 Å². The summed E-state index contributed by atoms with van der Waals surface area (Å²) in [5.41, 5.74) is 0. The Bertz CT molecular complexity index is 856. The van der Waals surface area contributed by atoms with Gasteiger partial charge >= 0.3 is 13.8 Å². The van der Waals surface area contributed by atoms with E-state index in [4.69, 9.17) is 23.6 Å². The molecule has 9 nitrogen and oxygen atoms in total. The SMILES string of the molecule is CCCC/C=C\CCCCCCCC(=O)OC(COCCCCCCCCCCCCCCCCCCCCCCCC)COP(=O)(O)OCC(O)CO. The lowest BCUT2D eigenvalue weighted by atomic mass is 10.0. The Balaban J connectivity index is 4.00. The summed E-state index contributed by atoms with van der Waals surface area (Å²) >= 11 is 0. The molecular formula is C44H87O9P. The molecule has 322 valence electrons. The molecule has 0 aromatic rings. The van der Waals surface area contributed by atoms with E-state index in [0.717, 1.165) is 57.8 Å². The normalized spacial score (nSPS) is 14.1. The molecule has 0 aliphatic rings. The molecule has 0 rings (SSSR count). The van der Waals surface area contributed by atoms with Crippen LogP contribution in [0.5, 0.6) is 0 Å². The van der Waals surface area contributed by atoms with Gasteiger partial charge in [-0.25, -0.2) is 4.57 Å². The van der Waals surface area contributed by atoms with Gasteiger partial charge in [-0.15, -0.1) is 0 Å². The van der Waals surface area contributed by atoms with Crippen molar-refractivity contribution in [3.05, 3.63) is 12.2 Å². The second-order valence-electron chi connectivity index (χ2n) is 15.4. The van der Waals surface area contributed by atoms with Gasteiger partial charge in [0.05, 0.1) is 26.4 Å². The van der Waals surface area contributed by atoms with Crippen LogP contribution in [0.2, 0.25) is 0 Å². The number of phosphoric ester groups is 1. The quantitative estimate of drug-likeness (QED) is 0.0239. The highest BCUT2D eigenvalue weighted by Crippen LogP contribution is 2.43. The molecule has 3 N–H and O–H groups in total. The summed E-state index contributed by atoms with van der Waals surface area (Å²) in [7, 11) is -4.51. The molecule has 0 bridgehead atoms. The van der Waals surface area contributed by atoms with Crippen LogP contribution in [-0.4, -0.2) is 66.3 Å². The summed E-state index contributed by atoms with van der Waals surface area (Å²) < 4.78 is 33.3. The largest absolute Gasteiger partial charge is 0.472 e. The predicted molar refractivity (Wildman–Crippen MR) is 224 cm³/mol. The molecule has 3 atom stereocenters. The first kappa shape index (κ1) is 53.2. The lowest BCUT2D eigenvalue weighted by molar-refractivity contribution is -0.154. The Labute approximate surface area is 332 Å². The lowest BCUT2D eigenvalue weighted by Gasteiger charge is -2.20. The maximum absolute atomic E-state index is 12.6. The molecule has 3 unspecified atom stereocenters. The molecule has 0 saturated carbocycles. The highest BCUT2D eigenvalue weighted by atomic mass is 31.2. The van der Waals surface area contributed by atoms with Gasteiger partial charge in [-0.2, -0.15) is 0 Å². The number of hydrogen-bond donors (Lipinski definition) is 3. The lowest BCUT2D eigenvalue weighted by Crippen LogP contribution is -2.29. The molecule has 10 heteroatoms. The van der Waals surface area contributed by atoms with Gasteiger partial charge in [0, 0.05) is 13.0 Å². The molecule has 0 aromatic carbocycles. The zero-order valence-electron chi connectivity index (χ0n) is 35.2. The maximum Gasteiger partial charge on any atom is 0.472 e. The third kappa shape index (κ3) is 40.9. The van der Waals surface area contributed by atoms with Gasteiger partial charge < -0.3 is 24.6 Å². The second-order valence-corrected chi connectivity index (χ2v) is 16.9. The van der Waals surface area contributed by atoms with Crippen molar-refractivity contribution in [3.8, 4) is 0 Å². The summed E-state index contributed by atoms with van der Waals surface area (Å²) in [5, 5.41) is 18.3. The van der Waals surface area contributed by atoms with Crippen molar-refractivity contribution in [2.45, 2.75) is 232 Å². The van der Waals surface area contributed by atoms with Crippen LogP contribution in [0, 0.1) is 0 Å². The molecule has 0 amide bonds. The first-order chi connectivity index (χ1) is 26.3. The first-order valence-corrected chi connectivity index (χ1v) is 24.2. The molecule has 0 aliphatic carbocycles. The number of esters is 1. The molecule has 0 aliphatic heterocycles. The number of allylic oxidation sites excluding steroid dienone is 2. The highest BCUT2D eigenvalue weighted by molar-refractivity contribution is 7.47. The van der Waals surface area contributed by atoms with Gasteiger partial charge in [0.15, 0.2) is 0 Å². The van der Waals surface area contributed by atoms with Crippen molar-refractivity contribution >= 4 is 13.8 Å². The summed E-state index contributed by atoms with van der Waals surface area (Å²) in [6, 6.07) is 0. The molecular weight excluding hydrogens is 703 g/mol. The topological polar surface area (TPSA) is 132 Å². The second kappa shape index (κ2) is 41.8. The molecule has 0 radical (unpaired) electrons. The van der Waals surface area contributed by atoms with Crippen LogP contribution in [0.15, 0.2) is 12.2 Å². The fourth-order valence-corrected chi connectivity index (χ4v) is 7.25. The predicted octanol–water partition coefficient (Wildman–Crippen LogP) is 12.5. The van der Waals surface area contributed by atoms with Crippen LogP contribution in [-0.2, 0) is 27.9 Å². The fourth-order valence-electron chi connectivity index (χ4n) is 6.46. The Morgan fingerprint density at radius 3 is 1.44 bits per heavy atom. The summed E-state index contributed by atoms with van der Waals surface area (Å²) in [4.78, 5) is 22.5. The number of ether oxygens (including phenoxy) is 2. The number of carbonyl (C=O) groups is 1. The number of hydrogen-bond acceptors (Lipinski definition) is 8. The molecule has 54 heavy (non-hydrogen) atoms. The van der Waals surface area contributed by atoms with E-state index in [1.165, 1.54) is 141 Å². The fraction of sp³-hybridized carbons (Fsp3) is 0.932. The summed E-state index contributed by atoms with van der Waals surface area (Å²) in [5.74, 6) is -0.389. The monoisotopic (exact) mass is 791 g/mol. The third-order valence-corrected chi connectivity index (χ3v) is 10.9. The van der Waals surface area contributed by atoms with Crippen LogP contribution < -0.4 is 0 Å². The standard InChI is InChI=1S/C44H87O9P/c1-3-5-7-9-11-13-15-16-17-18-19-20-21-22-23-24-25-27-29-31-33-35-37-50-40-43(41-52-54(48,49)51-39-42(46)38-45)53-44(47)36-34-32-30-28-26-14-12-10-8-6-4-2/h10,12,42-43,45-46H,3-9,11,13-41H2,1-2H3,(H,48,49)/b12-10-. The van der Waals surface area contributed by atoms with Crippen molar-refractivity contribution in [3.63, 3.8) is 0 Å². The molecule has 0 saturated heterocycles. The highest BCUT2D eigenvalue weighted by Gasteiger charge is 2.26. The van der Waals surface area contributed by atoms with E-state index in [1.807, 2.05) is 0 Å². The van der Waals surface area contributed by atoms with E-state index in [2.05, 4.69) is 26.0 Å². The minimum atomic E-state index is -4.51. The summed E-state index contributed by atoms with van der Waals surface area (Å²) in [6.07, 6.45) is 41.8. The molecule has 0 aromatic heterocycles. The van der Waals surface area contributed by atoms with Crippen LogP contribution in [0.25, 0.3) is 0 Å². The zero-order valence-corrected chi connectivity index (χ0v) is 36.1. The van der Waals surface area contributed by atoms with E-state index >= 15 is 0 Å². The minimum absolute atomic E-state index is 0.0516. The van der Waals surface area contributed by atoms with Crippen molar-refractivity contribution in [1.82, 2.24) is 0 Å². The van der Waals surface area contributed by atoms with Crippen LogP contribution in [0.3, 0.4) is 0 Å². The van der Waals surface area contributed by atoms with E-state index in [0.29, 0.717) is 6.61 Å². The van der Waals surface area contributed by atoms with Gasteiger partial charge in [0.2, 0.25) is 0 Å². The average molecular weight is 791 g/mol. The number of aliphatic hydroxyl groups is 2. The van der Waals surface area contributed by atoms with Crippen LogP contribution in [0.1, 0.15) is 219 Å². The summed E-state index contributed by atoms with van der Waals surface area (Å²) in [6.45, 7) is 3.51. The first-order valence-electron chi connectivity index (χ1n) is 22.7. The van der Waals surface area contributed by atoms with Gasteiger partial charge in [0.25, 0.3) is 0 Å². The Hall–Kier alpha value is -0.800. The van der Waals surface area contributed by atoms with Crippen molar-refractivity contribution < 1.29 is 43.0 Å². The number of aliphatic hydroxyl groups excluding tert-OH is 2. The van der Waals surface area contributed by atoms with E-state index in [9.17, 15) is 19.4 Å². The van der Waals surface area contributed by atoms with Gasteiger partial charge in [-0.05, 0) is 32.1 Å². The molecule has 0 fully saturated rings. The van der Waals surface area contributed by atoms with Gasteiger partial charge in [0.1, 0.15) is 12.2 Å². The number of rotatable bonds is 44. The van der Waals surface area contributed by atoms with Crippen molar-refractivity contribution in [2.24, 2.45) is 0 Å². The Kier molecular flexibility index (Phi) is 41.2. The van der Waals surface area contributed by atoms with Crippen molar-refractivity contribution in [1.29, 1.82) is 0 Å². The Morgan fingerprint density at radius 1 is 0.556 bits per heavy atom.